The van der Waals surface area contributed by atoms with Crippen LogP contribution in [0, 0.1) is 12.3 Å². The van der Waals surface area contributed by atoms with Crippen molar-refractivity contribution in [1.82, 2.24) is 0 Å². The van der Waals surface area contributed by atoms with Gasteiger partial charge < -0.3 is 0 Å². The van der Waals surface area contributed by atoms with E-state index in [9.17, 15) is 0 Å². The van der Waals surface area contributed by atoms with Crippen LogP contribution >= 0.6 is 0 Å². The fraction of sp³-hybridized carbons (Fsp3) is 0.200. The van der Waals surface area contributed by atoms with Crippen molar-refractivity contribution in [2.75, 3.05) is 7.11 Å². The maximum absolute atomic E-state index is 5.17. The molecule has 62 valence electrons. The van der Waals surface area contributed by atoms with Crippen molar-refractivity contribution in [1.29, 1.82) is 0 Å². The minimum absolute atomic E-state index is 0.418. The van der Waals surface area contributed by atoms with Gasteiger partial charge in [0.2, 0.25) is 0 Å². The van der Waals surface area contributed by atoms with Crippen LogP contribution in [0.4, 0.5) is 0 Å². The monoisotopic (exact) mass is 226 g/mol. The van der Waals surface area contributed by atoms with E-state index in [-0.39, 0.29) is 0 Å². The Hall–Kier alpha value is -0.901. The first-order valence-electron chi connectivity index (χ1n) is 3.57. The van der Waals surface area contributed by atoms with Crippen molar-refractivity contribution in [2.45, 2.75) is 5.32 Å². The minimum atomic E-state index is 0.418. The molecule has 0 aliphatic heterocycles. The standard InChI is InChI=1S/C10H10OSe/c1-3-8-12-10-6-4-9(11-2)5-7-10/h1,4-7H,8H2,2H3. The van der Waals surface area contributed by atoms with Gasteiger partial charge >= 0.3 is 78.9 Å². The number of rotatable bonds is 3. The molecule has 0 aromatic heterocycles. The molecule has 0 unspecified atom stereocenters. The van der Waals surface area contributed by atoms with E-state index < -0.39 is 0 Å². The average Bonchev–Trinajstić information content (AvgIpc) is 2.15. The van der Waals surface area contributed by atoms with Crippen LogP contribution in [0.1, 0.15) is 0 Å². The van der Waals surface area contributed by atoms with Crippen LogP contribution in [0.15, 0.2) is 24.3 Å². The summed E-state index contributed by atoms with van der Waals surface area (Å²) in [5, 5.41) is 0.860. The van der Waals surface area contributed by atoms with Crippen molar-refractivity contribution in [2.24, 2.45) is 0 Å². The molecule has 0 radical (unpaired) electrons. The molecule has 12 heavy (non-hydrogen) atoms. The van der Waals surface area contributed by atoms with Crippen molar-refractivity contribution in [3.8, 4) is 18.1 Å². The van der Waals surface area contributed by atoms with Gasteiger partial charge in [-0.15, -0.1) is 0 Å². The van der Waals surface area contributed by atoms with Crippen molar-refractivity contribution < 1.29 is 4.74 Å². The number of hydrogen-bond acceptors (Lipinski definition) is 1. The molecule has 0 fully saturated rings. The number of methoxy groups -OCH3 is 1. The van der Waals surface area contributed by atoms with E-state index in [2.05, 4.69) is 18.1 Å². The Balaban J connectivity index is 2.60. The Morgan fingerprint density at radius 3 is 2.58 bits per heavy atom. The summed E-state index contributed by atoms with van der Waals surface area (Å²) in [4.78, 5) is 0. The number of terminal acetylenes is 1. The quantitative estimate of drug-likeness (QED) is 0.552. The average molecular weight is 225 g/mol. The second kappa shape index (κ2) is 4.87. The molecule has 0 saturated carbocycles. The van der Waals surface area contributed by atoms with E-state index in [0.717, 1.165) is 11.1 Å². The zero-order valence-corrected chi connectivity index (χ0v) is 8.62. The second-order valence-electron chi connectivity index (χ2n) is 2.17. The predicted molar refractivity (Wildman–Crippen MR) is 52.0 cm³/mol. The molecule has 0 amide bonds. The molecule has 1 nitrogen and oxygen atoms in total. The number of ether oxygens (including phenoxy) is 1. The zero-order chi connectivity index (χ0) is 8.81. The van der Waals surface area contributed by atoms with Gasteiger partial charge in [0.1, 0.15) is 0 Å². The van der Waals surface area contributed by atoms with Gasteiger partial charge in [0.15, 0.2) is 0 Å². The molecule has 0 atom stereocenters. The van der Waals surface area contributed by atoms with Crippen LogP contribution in [0.5, 0.6) is 5.75 Å². The molecule has 0 heterocycles. The fourth-order valence-electron chi connectivity index (χ4n) is 0.797. The molecule has 0 bridgehead atoms. The molecular formula is C10H10OSe. The van der Waals surface area contributed by atoms with E-state index in [1.165, 1.54) is 4.46 Å². The Morgan fingerprint density at radius 2 is 2.08 bits per heavy atom. The van der Waals surface area contributed by atoms with Gasteiger partial charge in [0, 0.05) is 0 Å². The SMILES string of the molecule is C#CC[Se]c1ccc(OC)cc1. The van der Waals surface area contributed by atoms with Gasteiger partial charge in [-0.3, -0.25) is 0 Å². The van der Waals surface area contributed by atoms with E-state index >= 15 is 0 Å². The third kappa shape index (κ3) is 2.62. The second-order valence-corrected chi connectivity index (χ2v) is 4.37. The topological polar surface area (TPSA) is 9.23 Å². The molecule has 1 aromatic rings. The van der Waals surface area contributed by atoms with E-state index in [4.69, 9.17) is 11.2 Å². The summed E-state index contributed by atoms with van der Waals surface area (Å²) >= 11 is 0.418. The van der Waals surface area contributed by atoms with E-state index in [1.807, 2.05) is 12.1 Å². The predicted octanol–water partition coefficient (Wildman–Crippen LogP) is 1.08. The molecule has 0 spiro atoms. The van der Waals surface area contributed by atoms with Gasteiger partial charge in [-0.2, -0.15) is 0 Å². The van der Waals surface area contributed by atoms with E-state index in [1.54, 1.807) is 7.11 Å². The van der Waals surface area contributed by atoms with Crippen LogP contribution < -0.4 is 9.20 Å². The first kappa shape index (κ1) is 9.19. The summed E-state index contributed by atoms with van der Waals surface area (Å²) in [5.41, 5.74) is 0. The van der Waals surface area contributed by atoms with Crippen molar-refractivity contribution in [3.63, 3.8) is 0 Å². The molecule has 0 saturated heterocycles. The zero-order valence-electron chi connectivity index (χ0n) is 6.91. The summed E-state index contributed by atoms with van der Waals surface area (Å²) in [6.45, 7) is 0. The summed E-state index contributed by atoms with van der Waals surface area (Å²) in [6.07, 6.45) is 5.17. The molecule has 0 aliphatic carbocycles. The van der Waals surface area contributed by atoms with Crippen LogP contribution in [-0.4, -0.2) is 22.1 Å². The first-order valence-corrected chi connectivity index (χ1v) is 5.64. The molecule has 2 heteroatoms. The van der Waals surface area contributed by atoms with Crippen LogP contribution in [-0.2, 0) is 0 Å². The van der Waals surface area contributed by atoms with Gasteiger partial charge in [-0.05, 0) is 0 Å². The summed E-state index contributed by atoms with van der Waals surface area (Å²) in [5.74, 6) is 3.54. The Bertz CT molecular complexity index is 271. The summed E-state index contributed by atoms with van der Waals surface area (Å²) < 4.78 is 6.36. The summed E-state index contributed by atoms with van der Waals surface area (Å²) in [7, 11) is 1.67. The van der Waals surface area contributed by atoms with Crippen LogP contribution in [0.25, 0.3) is 0 Å². The third-order valence-corrected chi connectivity index (χ3v) is 3.30. The van der Waals surface area contributed by atoms with Gasteiger partial charge in [0.25, 0.3) is 0 Å². The summed E-state index contributed by atoms with van der Waals surface area (Å²) in [6, 6.07) is 8.06. The fourth-order valence-corrected chi connectivity index (χ4v) is 2.01. The van der Waals surface area contributed by atoms with Gasteiger partial charge in [0.05, 0.1) is 0 Å². The first-order chi connectivity index (χ1) is 5.86. The third-order valence-electron chi connectivity index (χ3n) is 1.38. The molecular weight excluding hydrogens is 215 g/mol. The Labute approximate surface area is 79.3 Å². The molecule has 1 rings (SSSR count). The number of benzene rings is 1. The van der Waals surface area contributed by atoms with E-state index in [0.29, 0.717) is 15.0 Å². The Kier molecular flexibility index (Phi) is 3.73. The van der Waals surface area contributed by atoms with Crippen LogP contribution in [0.3, 0.4) is 0 Å². The normalized spacial score (nSPS) is 9.00. The molecule has 1 aromatic carbocycles. The Morgan fingerprint density at radius 1 is 1.42 bits per heavy atom. The van der Waals surface area contributed by atoms with Crippen molar-refractivity contribution >= 4 is 19.4 Å². The van der Waals surface area contributed by atoms with Crippen molar-refractivity contribution in [3.05, 3.63) is 24.3 Å². The number of hydrogen-bond donors (Lipinski definition) is 0. The van der Waals surface area contributed by atoms with Crippen LogP contribution in [0.2, 0.25) is 5.32 Å². The van der Waals surface area contributed by atoms with Gasteiger partial charge in [-0.25, -0.2) is 0 Å². The molecule has 0 N–H and O–H groups in total. The van der Waals surface area contributed by atoms with Gasteiger partial charge in [-0.1, -0.05) is 0 Å². The maximum atomic E-state index is 5.17. The molecule has 0 aliphatic rings.